The van der Waals surface area contributed by atoms with Gasteiger partial charge in [-0.2, -0.15) is 0 Å². The van der Waals surface area contributed by atoms with Crippen molar-refractivity contribution in [3.05, 3.63) is 23.8 Å². The average molecular weight is 326 g/mol. The molecule has 3 unspecified atom stereocenters. The summed E-state index contributed by atoms with van der Waals surface area (Å²) < 4.78 is 7.53. The fraction of sp³-hybridized carbons (Fsp3) is 0.529. The number of hydrogen-bond donors (Lipinski definition) is 1. The Hall–Kier alpha value is -1.66. The van der Waals surface area contributed by atoms with Crippen LogP contribution in [0.5, 0.6) is 0 Å². The number of hydrogen-bond acceptors (Lipinski definition) is 6. The second-order valence-electron chi connectivity index (χ2n) is 7.39. The zero-order valence-electron chi connectivity index (χ0n) is 13.0. The molecule has 3 fully saturated rings. The summed E-state index contributed by atoms with van der Waals surface area (Å²) in [5.74, 6) is 0.685. The first-order valence-corrected chi connectivity index (χ1v) is 9.12. The molecular weight excluding hydrogens is 308 g/mol. The van der Waals surface area contributed by atoms with Crippen LogP contribution in [0.2, 0.25) is 0 Å². The number of ether oxygens (including phenoxy) is 1. The number of aliphatic imine (C=N–C) groups is 1. The van der Waals surface area contributed by atoms with Gasteiger partial charge in [-0.25, -0.2) is 9.98 Å². The minimum absolute atomic E-state index is 0.0641. The van der Waals surface area contributed by atoms with Gasteiger partial charge in [-0.15, -0.1) is 0 Å². The number of para-hydroxylation sites is 1. The maximum Gasteiger partial charge on any atom is 0.291 e. The van der Waals surface area contributed by atoms with Gasteiger partial charge < -0.3 is 4.74 Å². The van der Waals surface area contributed by atoms with Crippen LogP contribution >= 0.6 is 11.3 Å². The number of thiazole rings is 1. The molecule has 1 N–H and O–H groups in total. The second kappa shape index (κ2) is 3.87. The van der Waals surface area contributed by atoms with E-state index >= 15 is 0 Å². The summed E-state index contributed by atoms with van der Waals surface area (Å²) in [6.45, 7) is 5.18. The number of nitrogens with zero attached hydrogens (tertiary/aromatic N) is 3. The third kappa shape index (κ3) is 1.51. The molecule has 3 atom stereocenters. The van der Waals surface area contributed by atoms with Crippen LogP contribution in [-0.4, -0.2) is 46.7 Å². The van der Waals surface area contributed by atoms with Crippen molar-refractivity contribution in [2.45, 2.75) is 30.9 Å². The second-order valence-corrected chi connectivity index (χ2v) is 8.42. The van der Waals surface area contributed by atoms with Crippen LogP contribution in [0.15, 0.2) is 23.2 Å². The van der Waals surface area contributed by atoms with Crippen molar-refractivity contribution in [3.8, 4) is 0 Å². The van der Waals surface area contributed by atoms with Gasteiger partial charge in [0, 0.05) is 24.5 Å². The number of piperidine rings is 1. The SMILES string of the molecule is Cc1cccc2sc(NC3=NCC4(CN5CCC56CC46)O3)nc12. The Morgan fingerprint density at radius 2 is 2.39 bits per heavy atom. The van der Waals surface area contributed by atoms with Crippen molar-refractivity contribution in [2.24, 2.45) is 10.9 Å². The highest BCUT2D eigenvalue weighted by molar-refractivity contribution is 7.22. The van der Waals surface area contributed by atoms with Gasteiger partial charge in [0.2, 0.25) is 0 Å². The number of anilines is 1. The molecule has 0 amide bonds. The fourth-order valence-electron chi connectivity index (χ4n) is 4.85. The van der Waals surface area contributed by atoms with Gasteiger partial charge in [-0.3, -0.25) is 10.2 Å². The summed E-state index contributed by atoms with van der Waals surface area (Å²) in [5, 5.41) is 4.18. The molecule has 2 spiro atoms. The van der Waals surface area contributed by atoms with Crippen molar-refractivity contribution in [1.82, 2.24) is 9.88 Å². The van der Waals surface area contributed by atoms with Crippen LogP contribution in [0.1, 0.15) is 18.4 Å². The topological polar surface area (TPSA) is 49.8 Å². The first kappa shape index (κ1) is 12.7. The van der Waals surface area contributed by atoms with Gasteiger partial charge in [0.25, 0.3) is 6.02 Å². The molecule has 1 aliphatic carbocycles. The number of amidine groups is 1. The van der Waals surface area contributed by atoms with Crippen molar-refractivity contribution >= 4 is 32.7 Å². The van der Waals surface area contributed by atoms with Crippen LogP contribution in [0.4, 0.5) is 5.13 Å². The molecule has 6 heteroatoms. The first-order chi connectivity index (χ1) is 11.2. The average Bonchev–Trinajstić information content (AvgIpc) is 2.95. The Morgan fingerprint density at radius 3 is 3.09 bits per heavy atom. The molecule has 5 nitrogen and oxygen atoms in total. The molecule has 1 aromatic carbocycles. The lowest BCUT2D eigenvalue weighted by Crippen LogP contribution is -2.49. The van der Waals surface area contributed by atoms with Crippen molar-refractivity contribution in [3.63, 3.8) is 0 Å². The largest absolute Gasteiger partial charge is 0.455 e. The van der Waals surface area contributed by atoms with E-state index in [1.807, 2.05) is 0 Å². The van der Waals surface area contributed by atoms with Crippen molar-refractivity contribution in [2.75, 3.05) is 25.0 Å². The quantitative estimate of drug-likeness (QED) is 0.875. The Kier molecular flexibility index (Phi) is 2.14. The highest BCUT2D eigenvalue weighted by atomic mass is 32.1. The van der Waals surface area contributed by atoms with Crippen LogP contribution < -0.4 is 5.32 Å². The smallest absolute Gasteiger partial charge is 0.291 e. The zero-order valence-corrected chi connectivity index (χ0v) is 13.8. The van der Waals surface area contributed by atoms with E-state index in [0.29, 0.717) is 17.5 Å². The number of nitrogens with one attached hydrogen (secondary N) is 1. The van der Waals surface area contributed by atoms with Gasteiger partial charge in [-0.1, -0.05) is 23.5 Å². The number of benzene rings is 1. The number of aromatic nitrogens is 1. The monoisotopic (exact) mass is 326 g/mol. The Bertz CT molecular complexity index is 877. The highest BCUT2D eigenvalue weighted by Gasteiger charge is 2.77. The maximum atomic E-state index is 6.33. The van der Waals surface area contributed by atoms with E-state index in [4.69, 9.17) is 9.72 Å². The lowest BCUT2D eigenvalue weighted by Gasteiger charge is -2.39. The van der Waals surface area contributed by atoms with Crippen LogP contribution in [0, 0.1) is 12.8 Å². The minimum atomic E-state index is -0.0641. The normalized spacial score (nSPS) is 37.3. The first-order valence-electron chi connectivity index (χ1n) is 8.30. The summed E-state index contributed by atoms with van der Waals surface area (Å²) in [5.41, 5.74) is 2.71. The Balaban J connectivity index is 1.25. The molecule has 4 heterocycles. The number of fused-ring (bicyclic) bond motifs is 2. The maximum absolute atomic E-state index is 6.33. The third-order valence-corrected chi connectivity index (χ3v) is 7.14. The highest BCUT2D eigenvalue weighted by Crippen LogP contribution is 2.67. The predicted molar refractivity (Wildman–Crippen MR) is 91.1 cm³/mol. The molecule has 0 bridgehead atoms. The van der Waals surface area contributed by atoms with Crippen LogP contribution in [0.3, 0.4) is 0 Å². The summed E-state index contributed by atoms with van der Waals surface area (Å²) in [7, 11) is 0. The zero-order chi connectivity index (χ0) is 15.2. The molecule has 0 radical (unpaired) electrons. The van der Waals surface area contributed by atoms with Crippen LogP contribution in [0.25, 0.3) is 10.2 Å². The molecule has 1 aromatic heterocycles. The van der Waals surface area contributed by atoms with E-state index < -0.39 is 0 Å². The van der Waals surface area contributed by atoms with E-state index in [2.05, 4.69) is 40.3 Å². The molecule has 118 valence electrons. The lowest BCUT2D eigenvalue weighted by atomic mass is 9.98. The van der Waals surface area contributed by atoms with Gasteiger partial charge in [0.15, 0.2) is 5.13 Å². The molecule has 2 saturated heterocycles. The summed E-state index contributed by atoms with van der Waals surface area (Å²) >= 11 is 1.66. The van der Waals surface area contributed by atoms with Crippen molar-refractivity contribution in [1.29, 1.82) is 0 Å². The molecular formula is C17H18N4OS. The number of rotatable bonds is 1. The standard InChI is InChI=1S/C17H18N4OS/c1-10-3-2-4-11-13(10)19-15(23-11)20-14-18-8-17(22-14)9-21-6-5-16(21)7-12(16)17/h2-4,12H,5-9H2,1H3,(H,18,19,20). The van der Waals surface area contributed by atoms with E-state index in [1.165, 1.54) is 29.6 Å². The predicted octanol–water partition coefficient (Wildman–Crippen LogP) is 2.62. The van der Waals surface area contributed by atoms with Crippen LogP contribution in [-0.2, 0) is 4.74 Å². The van der Waals surface area contributed by atoms with E-state index in [1.54, 1.807) is 11.3 Å². The minimum Gasteiger partial charge on any atom is -0.455 e. The van der Waals surface area contributed by atoms with Crippen molar-refractivity contribution < 1.29 is 4.74 Å². The Labute approximate surface area is 138 Å². The van der Waals surface area contributed by atoms with Gasteiger partial charge in [-0.05, 0) is 31.4 Å². The molecule has 2 aromatic rings. The molecule has 3 aliphatic heterocycles. The van der Waals surface area contributed by atoms with Gasteiger partial charge in [0.1, 0.15) is 5.60 Å². The summed E-state index contributed by atoms with van der Waals surface area (Å²) in [6, 6.07) is 6.94. The third-order valence-electron chi connectivity index (χ3n) is 6.21. The van der Waals surface area contributed by atoms with Gasteiger partial charge in [0.05, 0.1) is 16.8 Å². The fourth-order valence-corrected chi connectivity index (χ4v) is 5.78. The summed E-state index contributed by atoms with van der Waals surface area (Å²) in [6.07, 6.45) is 2.65. The summed E-state index contributed by atoms with van der Waals surface area (Å²) in [4.78, 5) is 12.0. The van der Waals surface area contributed by atoms with Gasteiger partial charge >= 0.3 is 0 Å². The van der Waals surface area contributed by atoms with E-state index in [0.717, 1.165) is 23.7 Å². The number of aryl methyl sites for hydroxylation is 1. The van der Waals surface area contributed by atoms with E-state index in [-0.39, 0.29) is 5.60 Å². The molecule has 4 aliphatic rings. The Morgan fingerprint density at radius 1 is 1.43 bits per heavy atom. The lowest BCUT2D eigenvalue weighted by molar-refractivity contribution is 0.0433. The molecule has 1 saturated carbocycles. The van der Waals surface area contributed by atoms with E-state index in [9.17, 15) is 0 Å². The molecule has 6 rings (SSSR count). The molecule has 23 heavy (non-hydrogen) atoms.